The molecule has 0 heterocycles. The first kappa shape index (κ1) is 17.5. The topological polar surface area (TPSA) is 20.2 Å². The van der Waals surface area contributed by atoms with Crippen LogP contribution in [0, 0.1) is 17.3 Å². The molecule has 0 radical (unpaired) electrons. The fourth-order valence-corrected chi connectivity index (χ4v) is 4.64. The van der Waals surface area contributed by atoms with E-state index >= 15 is 0 Å². The molecule has 2 aliphatic rings. The molecule has 0 unspecified atom stereocenters. The van der Waals surface area contributed by atoms with Crippen LogP contribution in [0.3, 0.4) is 0 Å². The monoisotopic (exact) mass is 338 g/mol. The van der Waals surface area contributed by atoms with E-state index in [2.05, 4.69) is 13.5 Å². The molecule has 1 N–H and O–H groups in total. The summed E-state index contributed by atoms with van der Waals surface area (Å²) in [7, 11) is 0. The predicted octanol–water partition coefficient (Wildman–Crippen LogP) is 5.69. The highest BCUT2D eigenvalue weighted by Gasteiger charge is 2.62. The van der Waals surface area contributed by atoms with Crippen LogP contribution in [0.4, 0.5) is 13.2 Å². The second kappa shape index (κ2) is 5.91. The Kier molecular flexibility index (Phi) is 4.31. The Morgan fingerprint density at radius 1 is 1.08 bits per heavy atom. The van der Waals surface area contributed by atoms with E-state index in [1.807, 2.05) is 0 Å². The van der Waals surface area contributed by atoms with Crippen molar-refractivity contribution in [3.63, 3.8) is 0 Å². The molecule has 1 aromatic rings. The summed E-state index contributed by atoms with van der Waals surface area (Å²) in [6.45, 7) is 5.99. The van der Waals surface area contributed by atoms with Crippen molar-refractivity contribution in [2.75, 3.05) is 0 Å². The summed E-state index contributed by atoms with van der Waals surface area (Å²) in [4.78, 5) is 0. The molecule has 3 atom stereocenters. The van der Waals surface area contributed by atoms with E-state index in [1.165, 1.54) is 50.3 Å². The molecule has 0 aliphatic heterocycles. The quantitative estimate of drug-likeness (QED) is 0.700. The summed E-state index contributed by atoms with van der Waals surface area (Å²) in [5.74, 6) is 0.625. The molecule has 0 bridgehead atoms. The fourth-order valence-electron chi connectivity index (χ4n) is 4.64. The van der Waals surface area contributed by atoms with Crippen LogP contribution in [0.5, 0.6) is 0 Å². The molecule has 132 valence electrons. The number of rotatable bonds is 4. The van der Waals surface area contributed by atoms with Gasteiger partial charge >= 0.3 is 6.18 Å². The van der Waals surface area contributed by atoms with Crippen molar-refractivity contribution < 1.29 is 18.3 Å². The number of benzene rings is 1. The summed E-state index contributed by atoms with van der Waals surface area (Å²) in [5.41, 5.74) is -1.37. The number of alkyl halides is 3. The first-order valence-electron chi connectivity index (χ1n) is 8.75. The zero-order valence-corrected chi connectivity index (χ0v) is 14.1. The van der Waals surface area contributed by atoms with Gasteiger partial charge in [-0.1, -0.05) is 51.0 Å². The van der Waals surface area contributed by atoms with Crippen LogP contribution in [-0.2, 0) is 11.8 Å². The fraction of sp³-hybridized carbons (Fsp3) is 0.600. The van der Waals surface area contributed by atoms with E-state index in [4.69, 9.17) is 0 Å². The van der Waals surface area contributed by atoms with Crippen molar-refractivity contribution >= 4 is 0 Å². The van der Waals surface area contributed by atoms with Gasteiger partial charge < -0.3 is 5.11 Å². The summed E-state index contributed by atoms with van der Waals surface area (Å²) < 4.78 is 38.3. The smallest absolute Gasteiger partial charge is 0.381 e. The van der Waals surface area contributed by atoms with Crippen molar-refractivity contribution in [1.82, 2.24) is 0 Å². The largest absolute Gasteiger partial charge is 0.416 e. The normalized spacial score (nSPS) is 30.6. The van der Waals surface area contributed by atoms with Crippen molar-refractivity contribution in [3.05, 3.63) is 48.0 Å². The second-order valence-corrected chi connectivity index (χ2v) is 7.70. The summed E-state index contributed by atoms with van der Waals surface area (Å²) in [6, 6.07) is 4.88. The van der Waals surface area contributed by atoms with Gasteiger partial charge in [0.15, 0.2) is 0 Å². The molecule has 2 aliphatic carbocycles. The Labute approximate surface area is 141 Å². The molecule has 4 heteroatoms. The third kappa shape index (κ3) is 2.90. The zero-order valence-electron chi connectivity index (χ0n) is 14.1. The highest BCUT2D eigenvalue weighted by molar-refractivity contribution is 5.35. The molecule has 3 rings (SSSR count). The van der Waals surface area contributed by atoms with E-state index < -0.39 is 17.3 Å². The molecule has 1 nitrogen and oxygen atoms in total. The maximum absolute atomic E-state index is 12.8. The lowest BCUT2D eigenvalue weighted by atomic mass is 9.74. The minimum Gasteiger partial charge on any atom is -0.381 e. The van der Waals surface area contributed by atoms with Crippen LogP contribution >= 0.6 is 0 Å². The van der Waals surface area contributed by atoms with Crippen molar-refractivity contribution in [2.24, 2.45) is 17.3 Å². The molecular formula is C20H25F3O. The molecule has 1 aromatic carbocycles. The van der Waals surface area contributed by atoms with E-state index in [1.54, 1.807) is 0 Å². The maximum atomic E-state index is 12.8. The molecule has 0 spiro atoms. The van der Waals surface area contributed by atoms with Gasteiger partial charge in [-0.05, 0) is 48.3 Å². The standard InChI is InChI=1S/C20H25F3O/c1-3-19(24,15-9-11-16(12-10-15)20(21,22)23)17-13-18(17,2)14-7-5-4-6-8-14/h3,9-12,14,17,24H,1,4-8,13H2,2H3/t17-,18+,19-/m1/s1. The van der Waals surface area contributed by atoms with E-state index in [-0.39, 0.29) is 11.3 Å². The lowest BCUT2D eigenvalue weighted by Crippen LogP contribution is -2.31. The van der Waals surface area contributed by atoms with Crippen LogP contribution in [0.2, 0.25) is 0 Å². The van der Waals surface area contributed by atoms with Gasteiger partial charge in [0.2, 0.25) is 0 Å². The zero-order chi connectivity index (χ0) is 17.6. The average molecular weight is 338 g/mol. The first-order valence-corrected chi connectivity index (χ1v) is 8.75. The Morgan fingerprint density at radius 3 is 2.12 bits per heavy atom. The number of hydrogen-bond donors (Lipinski definition) is 1. The van der Waals surface area contributed by atoms with Gasteiger partial charge in [0, 0.05) is 5.92 Å². The number of hydrogen-bond acceptors (Lipinski definition) is 1. The van der Waals surface area contributed by atoms with Crippen LogP contribution in [0.15, 0.2) is 36.9 Å². The van der Waals surface area contributed by atoms with Crippen molar-refractivity contribution in [1.29, 1.82) is 0 Å². The van der Waals surface area contributed by atoms with Crippen LogP contribution < -0.4 is 0 Å². The van der Waals surface area contributed by atoms with Gasteiger partial charge in [-0.15, -0.1) is 0 Å². The van der Waals surface area contributed by atoms with Crippen LogP contribution in [0.25, 0.3) is 0 Å². The van der Waals surface area contributed by atoms with Crippen LogP contribution in [0.1, 0.15) is 56.6 Å². The lowest BCUT2D eigenvalue weighted by molar-refractivity contribution is -0.137. The van der Waals surface area contributed by atoms with E-state index in [0.29, 0.717) is 11.5 Å². The number of aliphatic hydroxyl groups is 1. The van der Waals surface area contributed by atoms with Gasteiger partial charge in [0.1, 0.15) is 5.60 Å². The SMILES string of the molecule is C=C[C@@](O)(c1ccc(C(F)(F)F)cc1)[C@@H]1C[C@@]1(C)C1CCCCC1. The highest BCUT2D eigenvalue weighted by Crippen LogP contribution is 2.67. The third-order valence-corrected chi connectivity index (χ3v) is 6.33. The molecule has 2 saturated carbocycles. The first-order chi connectivity index (χ1) is 11.2. The minimum atomic E-state index is -4.36. The molecule has 0 aromatic heterocycles. The van der Waals surface area contributed by atoms with E-state index in [9.17, 15) is 18.3 Å². The maximum Gasteiger partial charge on any atom is 0.416 e. The Balaban J connectivity index is 1.83. The molecule has 0 saturated heterocycles. The molecule has 2 fully saturated rings. The molecule has 0 amide bonds. The second-order valence-electron chi connectivity index (χ2n) is 7.70. The molecule has 24 heavy (non-hydrogen) atoms. The number of halogens is 3. The highest BCUT2D eigenvalue weighted by atomic mass is 19.4. The van der Waals surface area contributed by atoms with Gasteiger partial charge in [0.25, 0.3) is 0 Å². The van der Waals surface area contributed by atoms with Crippen LogP contribution in [-0.4, -0.2) is 5.11 Å². The Hall–Kier alpha value is -1.29. The average Bonchev–Trinajstić information content (AvgIpc) is 3.28. The summed E-state index contributed by atoms with van der Waals surface area (Å²) >= 11 is 0. The minimum absolute atomic E-state index is 0.0299. The Morgan fingerprint density at radius 2 is 1.62 bits per heavy atom. The van der Waals surface area contributed by atoms with Crippen molar-refractivity contribution in [3.8, 4) is 0 Å². The van der Waals surface area contributed by atoms with Gasteiger partial charge in [-0.2, -0.15) is 13.2 Å². The third-order valence-electron chi connectivity index (χ3n) is 6.33. The summed E-state index contributed by atoms with van der Waals surface area (Å²) in [6.07, 6.45) is 4.18. The van der Waals surface area contributed by atoms with Gasteiger partial charge in [-0.3, -0.25) is 0 Å². The predicted molar refractivity (Wildman–Crippen MR) is 88.3 cm³/mol. The van der Waals surface area contributed by atoms with E-state index in [0.717, 1.165) is 18.6 Å². The van der Waals surface area contributed by atoms with Gasteiger partial charge in [0.05, 0.1) is 5.56 Å². The lowest BCUT2D eigenvalue weighted by Gasteiger charge is -2.33. The Bertz CT molecular complexity index is 600. The van der Waals surface area contributed by atoms with Crippen molar-refractivity contribution in [2.45, 2.75) is 57.2 Å². The molecular weight excluding hydrogens is 313 g/mol. The summed E-state index contributed by atoms with van der Waals surface area (Å²) in [5, 5.41) is 11.2. The van der Waals surface area contributed by atoms with Gasteiger partial charge in [-0.25, -0.2) is 0 Å².